The van der Waals surface area contributed by atoms with Crippen molar-refractivity contribution in [2.75, 3.05) is 11.3 Å². The Kier molecular flexibility index (Phi) is 4.78. The number of sulfonamides is 1. The number of halogens is 3. The zero-order valence-electron chi connectivity index (χ0n) is 12.2. The molecule has 7 nitrogen and oxygen atoms in total. The van der Waals surface area contributed by atoms with Crippen LogP contribution in [0.3, 0.4) is 0 Å². The van der Waals surface area contributed by atoms with Gasteiger partial charge in [-0.3, -0.25) is 9.52 Å². The second-order valence-corrected chi connectivity index (χ2v) is 7.02. The van der Waals surface area contributed by atoms with Gasteiger partial charge in [0.05, 0.1) is 24.1 Å². The summed E-state index contributed by atoms with van der Waals surface area (Å²) in [5.41, 5.74) is -5.83. The number of amides is 1. The number of anilines is 1. The van der Waals surface area contributed by atoms with Crippen molar-refractivity contribution in [2.45, 2.75) is 31.8 Å². The summed E-state index contributed by atoms with van der Waals surface area (Å²) in [6.07, 6.45) is 3.12. The van der Waals surface area contributed by atoms with Crippen molar-refractivity contribution in [3.63, 3.8) is 0 Å². The van der Waals surface area contributed by atoms with Crippen LogP contribution in [0.4, 0.5) is 18.9 Å². The Hall–Kier alpha value is -1.91. The second kappa shape index (κ2) is 6.30. The lowest BCUT2D eigenvalue weighted by molar-refractivity contribution is -0.135. The Balaban J connectivity index is 2.20. The Morgan fingerprint density at radius 3 is 2.74 bits per heavy atom. The zero-order valence-corrected chi connectivity index (χ0v) is 13.0. The van der Waals surface area contributed by atoms with Gasteiger partial charge in [0.25, 0.3) is 0 Å². The number of rotatable bonds is 4. The Bertz CT molecular complexity index is 693. The van der Waals surface area contributed by atoms with Crippen LogP contribution in [-0.4, -0.2) is 41.2 Å². The highest BCUT2D eigenvalue weighted by Crippen LogP contribution is 2.27. The quantitative estimate of drug-likeness (QED) is 0.886. The van der Waals surface area contributed by atoms with E-state index in [0.717, 1.165) is 18.9 Å². The minimum Gasteiger partial charge on any atom is -0.337 e. The summed E-state index contributed by atoms with van der Waals surface area (Å²) < 4.78 is 61.2. The second-order valence-electron chi connectivity index (χ2n) is 5.35. The van der Waals surface area contributed by atoms with Crippen molar-refractivity contribution >= 4 is 21.6 Å². The lowest BCUT2D eigenvalue weighted by atomic mass is 9.98. The first-order chi connectivity index (χ1) is 10.6. The molecule has 1 amide bonds. The third kappa shape index (κ3) is 4.09. The molecule has 0 bridgehead atoms. The number of hydrogen-bond acceptors (Lipinski definition) is 5. The average molecular weight is 352 g/mol. The van der Waals surface area contributed by atoms with E-state index in [1.165, 1.54) is 9.62 Å². The maximum atomic E-state index is 12.5. The molecule has 0 aliphatic carbocycles. The van der Waals surface area contributed by atoms with Crippen LogP contribution < -0.4 is 4.72 Å². The largest absolute Gasteiger partial charge is 0.516 e. The number of carbonyl (C=O) groups excluding carboxylic acids is 1. The summed E-state index contributed by atoms with van der Waals surface area (Å²) in [6.45, 7) is 2.29. The number of likely N-dealkylation sites (tertiary alicyclic amines) is 1. The predicted octanol–water partition coefficient (Wildman–Crippen LogP) is 1.50. The molecule has 1 unspecified atom stereocenters. The fourth-order valence-corrected chi connectivity index (χ4v) is 2.72. The minimum atomic E-state index is -5.57. The Morgan fingerprint density at radius 1 is 1.43 bits per heavy atom. The standard InChI is InChI=1S/C12H15F3N4O3S/c1-8-2-3-19(11(20)4-8)6-10-9(5-16-7-17-10)18-23(21,22)12(13,14)15/h5,7-8,18H,2-4,6H2,1H3. The monoisotopic (exact) mass is 352 g/mol. The van der Waals surface area contributed by atoms with Crippen LogP contribution in [0, 0.1) is 5.92 Å². The van der Waals surface area contributed by atoms with E-state index in [0.29, 0.717) is 13.0 Å². The molecule has 1 aromatic rings. The van der Waals surface area contributed by atoms with E-state index in [1.807, 2.05) is 6.92 Å². The van der Waals surface area contributed by atoms with Gasteiger partial charge in [0.1, 0.15) is 6.33 Å². The number of piperidine rings is 1. The molecule has 1 aliphatic rings. The molecule has 11 heteroatoms. The van der Waals surface area contributed by atoms with Gasteiger partial charge in [-0.25, -0.2) is 9.97 Å². The van der Waals surface area contributed by atoms with E-state index in [2.05, 4.69) is 9.97 Å². The molecule has 23 heavy (non-hydrogen) atoms. The smallest absolute Gasteiger partial charge is 0.337 e. The predicted molar refractivity (Wildman–Crippen MR) is 74.4 cm³/mol. The topological polar surface area (TPSA) is 92.3 Å². The molecule has 1 atom stereocenters. The number of nitrogens with zero attached hydrogens (tertiary/aromatic N) is 3. The zero-order chi connectivity index (χ0) is 17.3. The SMILES string of the molecule is CC1CCN(Cc2ncncc2NS(=O)(=O)C(F)(F)F)C(=O)C1. The van der Waals surface area contributed by atoms with Gasteiger partial charge in [0.2, 0.25) is 5.91 Å². The molecule has 2 heterocycles. The van der Waals surface area contributed by atoms with Crippen LogP contribution >= 0.6 is 0 Å². The van der Waals surface area contributed by atoms with Crippen molar-refractivity contribution < 1.29 is 26.4 Å². The van der Waals surface area contributed by atoms with Crippen molar-refractivity contribution in [1.82, 2.24) is 14.9 Å². The lowest BCUT2D eigenvalue weighted by Gasteiger charge is -2.30. The third-order valence-corrected chi connectivity index (χ3v) is 4.55. The lowest BCUT2D eigenvalue weighted by Crippen LogP contribution is -2.38. The molecule has 1 fully saturated rings. The number of alkyl halides is 3. The first kappa shape index (κ1) is 17.4. The van der Waals surface area contributed by atoms with E-state index in [-0.39, 0.29) is 24.1 Å². The van der Waals surface area contributed by atoms with E-state index in [1.54, 1.807) is 0 Å². The van der Waals surface area contributed by atoms with Crippen molar-refractivity contribution in [3.05, 3.63) is 18.2 Å². The van der Waals surface area contributed by atoms with Crippen LogP contribution in [-0.2, 0) is 21.4 Å². The number of nitrogens with one attached hydrogen (secondary N) is 1. The average Bonchev–Trinajstić information content (AvgIpc) is 2.42. The number of hydrogen-bond donors (Lipinski definition) is 1. The molecule has 0 saturated carbocycles. The maximum absolute atomic E-state index is 12.5. The molecular formula is C12H15F3N4O3S. The van der Waals surface area contributed by atoms with Gasteiger partial charge in [-0.1, -0.05) is 6.92 Å². The first-order valence-corrected chi connectivity index (χ1v) is 8.24. The molecule has 1 saturated heterocycles. The number of carbonyl (C=O) groups is 1. The molecule has 1 N–H and O–H groups in total. The molecule has 0 spiro atoms. The van der Waals surface area contributed by atoms with Crippen LogP contribution in [0.5, 0.6) is 0 Å². The minimum absolute atomic E-state index is 0.00993. The normalized spacial score (nSPS) is 19.7. The fraction of sp³-hybridized carbons (Fsp3) is 0.583. The van der Waals surface area contributed by atoms with Gasteiger partial charge in [0.15, 0.2) is 0 Å². The molecule has 0 radical (unpaired) electrons. The van der Waals surface area contributed by atoms with Crippen LogP contribution in [0.2, 0.25) is 0 Å². The molecular weight excluding hydrogens is 337 g/mol. The highest BCUT2D eigenvalue weighted by molar-refractivity contribution is 7.93. The highest BCUT2D eigenvalue weighted by Gasteiger charge is 2.46. The highest BCUT2D eigenvalue weighted by atomic mass is 32.2. The summed E-state index contributed by atoms with van der Waals surface area (Å²) >= 11 is 0. The van der Waals surface area contributed by atoms with Gasteiger partial charge in [-0.05, 0) is 12.3 Å². The summed E-state index contributed by atoms with van der Waals surface area (Å²) in [6, 6.07) is 0. The molecule has 2 rings (SSSR count). The van der Waals surface area contributed by atoms with E-state index < -0.39 is 21.2 Å². The number of aromatic nitrogens is 2. The van der Waals surface area contributed by atoms with Crippen molar-refractivity contribution in [1.29, 1.82) is 0 Å². The molecule has 1 aromatic heterocycles. The van der Waals surface area contributed by atoms with Gasteiger partial charge in [-0.15, -0.1) is 0 Å². The molecule has 1 aliphatic heterocycles. The fourth-order valence-electron chi connectivity index (χ4n) is 2.15. The summed E-state index contributed by atoms with van der Waals surface area (Å²) in [7, 11) is -5.57. The Morgan fingerprint density at radius 2 is 2.13 bits per heavy atom. The first-order valence-electron chi connectivity index (χ1n) is 6.76. The van der Waals surface area contributed by atoms with E-state index in [4.69, 9.17) is 0 Å². The summed E-state index contributed by atoms with van der Waals surface area (Å²) in [5, 5.41) is 0. The summed E-state index contributed by atoms with van der Waals surface area (Å²) in [5.74, 6) is 0.0966. The van der Waals surface area contributed by atoms with E-state index >= 15 is 0 Å². The van der Waals surface area contributed by atoms with Gasteiger partial charge >= 0.3 is 15.5 Å². The van der Waals surface area contributed by atoms with Crippen LogP contribution in [0.25, 0.3) is 0 Å². The van der Waals surface area contributed by atoms with E-state index in [9.17, 15) is 26.4 Å². The van der Waals surface area contributed by atoms with Crippen molar-refractivity contribution in [2.24, 2.45) is 5.92 Å². The molecule has 0 aromatic carbocycles. The van der Waals surface area contributed by atoms with Gasteiger partial charge < -0.3 is 4.90 Å². The Labute approximate surface area is 131 Å². The summed E-state index contributed by atoms with van der Waals surface area (Å²) in [4.78, 5) is 20.7. The van der Waals surface area contributed by atoms with Crippen LogP contribution in [0.1, 0.15) is 25.5 Å². The third-order valence-electron chi connectivity index (χ3n) is 3.45. The van der Waals surface area contributed by atoms with Gasteiger partial charge in [0, 0.05) is 13.0 Å². The van der Waals surface area contributed by atoms with Gasteiger partial charge in [-0.2, -0.15) is 21.6 Å². The van der Waals surface area contributed by atoms with Crippen molar-refractivity contribution in [3.8, 4) is 0 Å². The maximum Gasteiger partial charge on any atom is 0.516 e. The molecule has 128 valence electrons. The van der Waals surface area contributed by atoms with Crippen LogP contribution in [0.15, 0.2) is 12.5 Å².